The summed E-state index contributed by atoms with van der Waals surface area (Å²) in [6.07, 6.45) is 7.92. The number of urea groups is 1. The van der Waals surface area contributed by atoms with E-state index in [1.54, 1.807) is 16.7 Å². The van der Waals surface area contributed by atoms with Crippen molar-refractivity contribution in [3.05, 3.63) is 83.3 Å². The Morgan fingerprint density at radius 2 is 1.76 bits per heavy atom. The summed E-state index contributed by atoms with van der Waals surface area (Å²) in [7, 11) is 0. The lowest BCUT2D eigenvalue weighted by molar-refractivity contribution is 0.211. The van der Waals surface area contributed by atoms with Gasteiger partial charge in [0, 0.05) is 28.1 Å². The summed E-state index contributed by atoms with van der Waals surface area (Å²) in [5, 5.41) is 5.02. The summed E-state index contributed by atoms with van der Waals surface area (Å²) < 4.78 is 6.39. The molecule has 5 nitrogen and oxygen atoms in total. The smallest absolute Gasteiger partial charge is 0.322 e. The van der Waals surface area contributed by atoms with E-state index in [2.05, 4.69) is 60.5 Å². The highest BCUT2D eigenvalue weighted by molar-refractivity contribution is 7.99. The maximum absolute atomic E-state index is 13.7. The zero-order chi connectivity index (χ0) is 26.5. The van der Waals surface area contributed by atoms with Gasteiger partial charge in [0.15, 0.2) is 0 Å². The number of hydrogen-bond acceptors (Lipinski definition) is 5. The number of aromatic nitrogens is 1. The van der Waals surface area contributed by atoms with Gasteiger partial charge in [-0.3, -0.25) is 0 Å². The zero-order valence-corrected chi connectivity index (χ0v) is 23.8. The van der Waals surface area contributed by atoms with Crippen LogP contribution in [0.4, 0.5) is 10.5 Å². The van der Waals surface area contributed by atoms with Crippen molar-refractivity contribution in [2.75, 3.05) is 24.4 Å². The van der Waals surface area contributed by atoms with Gasteiger partial charge in [0.2, 0.25) is 0 Å². The van der Waals surface area contributed by atoms with E-state index in [1.807, 2.05) is 50.6 Å². The fourth-order valence-corrected chi connectivity index (χ4v) is 5.57. The molecule has 2 aromatic heterocycles. The van der Waals surface area contributed by atoms with Gasteiger partial charge in [-0.1, -0.05) is 53.6 Å². The predicted molar refractivity (Wildman–Crippen MR) is 158 cm³/mol. The molecule has 4 aromatic rings. The topological polar surface area (TPSA) is 58.4 Å². The van der Waals surface area contributed by atoms with Gasteiger partial charge in [-0.15, -0.1) is 23.5 Å². The molecule has 0 unspecified atom stereocenters. The van der Waals surface area contributed by atoms with Crippen molar-refractivity contribution in [2.24, 2.45) is 0 Å². The Hall–Kier alpha value is -3.16. The van der Waals surface area contributed by atoms with Crippen molar-refractivity contribution >= 4 is 46.2 Å². The van der Waals surface area contributed by atoms with Crippen molar-refractivity contribution in [3.8, 4) is 11.1 Å². The van der Waals surface area contributed by atoms with Crippen LogP contribution in [0.5, 0.6) is 0 Å². The van der Waals surface area contributed by atoms with E-state index in [-0.39, 0.29) is 6.03 Å². The van der Waals surface area contributed by atoms with E-state index in [1.165, 1.54) is 17.3 Å². The fraction of sp³-hybridized carbons (Fsp3) is 0.267. The lowest BCUT2D eigenvalue weighted by Gasteiger charge is -2.23. The predicted octanol–water partition coefficient (Wildman–Crippen LogP) is 8.47. The quantitative estimate of drug-likeness (QED) is 0.182. The molecule has 0 fully saturated rings. The Kier molecular flexibility index (Phi) is 8.67. The Labute approximate surface area is 227 Å². The largest absolute Gasteiger partial charge is 0.459 e. The number of carbonyl (C=O) groups is 1. The van der Waals surface area contributed by atoms with Crippen LogP contribution in [0.3, 0.4) is 0 Å². The summed E-state index contributed by atoms with van der Waals surface area (Å²) in [6.45, 7) is 8.87. The maximum atomic E-state index is 13.7. The molecule has 37 heavy (non-hydrogen) atoms. The Morgan fingerprint density at radius 1 is 1.03 bits per heavy atom. The Bertz CT molecular complexity index is 1420. The lowest BCUT2D eigenvalue weighted by Crippen LogP contribution is -2.35. The molecule has 0 bridgehead atoms. The first kappa shape index (κ1) is 26.9. The normalized spacial score (nSPS) is 11.4. The van der Waals surface area contributed by atoms with Gasteiger partial charge in [0.25, 0.3) is 0 Å². The summed E-state index contributed by atoms with van der Waals surface area (Å²) in [5.74, 6) is 0.765. The third-order valence-electron chi connectivity index (χ3n) is 6.16. The van der Waals surface area contributed by atoms with Crippen LogP contribution in [-0.4, -0.2) is 35.0 Å². The Morgan fingerprint density at radius 3 is 2.43 bits per heavy atom. The van der Waals surface area contributed by atoms with E-state index in [0.717, 1.165) is 54.7 Å². The highest BCUT2D eigenvalue weighted by Gasteiger charge is 2.23. The first-order valence-corrected chi connectivity index (χ1v) is 14.6. The van der Waals surface area contributed by atoms with Crippen molar-refractivity contribution in [2.45, 2.75) is 44.2 Å². The van der Waals surface area contributed by atoms with Crippen molar-refractivity contribution in [1.82, 2.24) is 9.88 Å². The molecule has 192 valence electrons. The van der Waals surface area contributed by atoms with Gasteiger partial charge >= 0.3 is 6.03 Å². The lowest BCUT2D eigenvalue weighted by atomic mass is 9.99. The molecular formula is C30H33N3O2S2. The van der Waals surface area contributed by atoms with E-state index >= 15 is 0 Å². The second-order valence-corrected chi connectivity index (χ2v) is 10.6. The molecule has 0 spiro atoms. The second-order valence-electron chi connectivity index (χ2n) is 9.00. The van der Waals surface area contributed by atoms with Gasteiger partial charge in [-0.05, 0) is 64.0 Å². The van der Waals surface area contributed by atoms with Crippen LogP contribution in [0.2, 0.25) is 0 Å². The Balaban J connectivity index is 1.75. The number of furan rings is 1. The van der Waals surface area contributed by atoms with E-state index in [0.29, 0.717) is 13.1 Å². The number of nitrogens with one attached hydrogen (secondary N) is 1. The number of benzene rings is 2. The number of thioether (sulfide) groups is 2. The van der Waals surface area contributed by atoms with Crippen LogP contribution in [0.25, 0.3) is 22.1 Å². The van der Waals surface area contributed by atoms with Crippen LogP contribution in [-0.2, 0) is 6.54 Å². The number of fused-ring (bicyclic) bond motifs is 1. The molecule has 2 amide bonds. The molecule has 0 aliphatic carbocycles. The van der Waals surface area contributed by atoms with Crippen LogP contribution in [0, 0.1) is 20.8 Å². The number of allylic oxidation sites excluding steroid dienone is 1. The minimum absolute atomic E-state index is 0.194. The van der Waals surface area contributed by atoms with Crippen LogP contribution in [0.15, 0.2) is 75.0 Å². The molecule has 4 rings (SSSR count). The number of carbonyl (C=O) groups excluding carboxylic acids is 1. The van der Waals surface area contributed by atoms with E-state index < -0.39 is 0 Å². The van der Waals surface area contributed by atoms with Gasteiger partial charge in [-0.25, -0.2) is 9.78 Å². The first-order chi connectivity index (χ1) is 17.8. The number of nitrogens with zero attached hydrogens (tertiary/aromatic N) is 2. The van der Waals surface area contributed by atoms with Gasteiger partial charge in [0.1, 0.15) is 16.4 Å². The SMILES string of the molecule is CC=CCN(Cc1oc2ccc(C)cc2c1-c1ccc(C)cc1)C(=O)Nc1c(SC)cc(C)nc1SC. The van der Waals surface area contributed by atoms with Crippen LogP contribution in [0.1, 0.15) is 29.5 Å². The summed E-state index contributed by atoms with van der Waals surface area (Å²) in [5.41, 5.74) is 6.97. The minimum atomic E-state index is -0.194. The summed E-state index contributed by atoms with van der Waals surface area (Å²) >= 11 is 3.13. The molecule has 2 aromatic carbocycles. The van der Waals surface area contributed by atoms with Crippen molar-refractivity contribution in [3.63, 3.8) is 0 Å². The standard InChI is InChI=1S/C30H33N3O2S2/c1-7-8-15-33(30(34)32-28-26(36-5)17-21(4)31-29(28)37-6)18-25-27(22-12-9-19(2)10-13-22)23-16-20(3)11-14-24(23)35-25/h7-14,16-17H,15,18H2,1-6H3,(H,32,34). The van der Waals surface area contributed by atoms with E-state index in [4.69, 9.17) is 4.42 Å². The second kappa shape index (κ2) is 11.9. The maximum Gasteiger partial charge on any atom is 0.322 e. The molecule has 0 radical (unpaired) electrons. The molecule has 1 N–H and O–H groups in total. The minimum Gasteiger partial charge on any atom is -0.459 e. The number of anilines is 1. The van der Waals surface area contributed by atoms with Gasteiger partial charge in [-0.2, -0.15) is 0 Å². The van der Waals surface area contributed by atoms with E-state index in [9.17, 15) is 4.79 Å². The number of amides is 2. The molecule has 0 aliphatic heterocycles. The third-order valence-corrected chi connectivity index (χ3v) is 7.61. The van der Waals surface area contributed by atoms with Gasteiger partial charge < -0.3 is 14.6 Å². The van der Waals surface area contributed by atoms with Crippen molar-refractivity contribution < 1.29 is 9.21 Å². The first-order valence-electron chi connectivity index (χ1n) is 12.2. The highest BCUT2D eigenvalue weighted by Crippen LogP contribution is 2.37. The molecule has 0 aliphatic rings. The average Bonchev–Trinajstić information content (AvgIpc) is 3.24. The van der Waals surface area contributed by atoms with Crippen LogP contribution < -0.4 is 5.32 Å². The summed E-state index contributed by atoms with van der Waals surface area (Å²) in [4.78, 5) is 21.1. The number of hydrogen-bond donors (Lipinski definition) is 1. The monoisotopic (exact) mass is 531 g/mol. The van der Waals surface area contributed by atoms with Crippen LogP contribution >= 0.6 is 23.5 Å². The average molecular weight is 532 g/mol. The molecule has 0 saturated heterocycles. The molecule has 0 saturated carbocycles. The molecule has 2 heterocycles. The van der Waals surface area contributed by atoms with Gasteiger partial charge in [0.05, 0.1) is 12.2 Å². The number of rotatable bonds is 8. The molecule has 0 atom stereocenters. The molecule has 7 heteroatoms. The molecular weight excluding hydrogens is 498 g/mol. The van der Waals surface area contributed by atoms with Crippen molar-refractivity contribution in [1.29, 1.82) is 0 Å². The third kappa shape index (κ3) is 6.05. The number of aryl methyl sites for hydroxylation is 3. The summed E-state index contributed by atoms with van der Waals surface area (Å²) in [6, 6.07) is 16.5. The highest BCUT2D eigenvalue weighted by atomic mass is 32.2. The fourth-order valence-electron chi connectivity index (χ4n) is 4.26. The number of pyridine rings is 1. The zero-order valence-electron chi connectivity index (χ0n) is 22.2.